The number of carbonyl (C=O) groups excluding carboxylic acids is 1. The molecule has 0 spiro atoms. The van der Waals surface area contributed by atoms with Crippen molar-refractivity contribution in [2.24, 2.45) is 0 Å². The monoisotopic (exact) mass is 382 g/mol. The number of amides is 1. The van der Waals surface area contributed by atoms with Gasteiger partial charge in [0.05, 0.1) is 13.0 Å². The smallest absolute Gasteiger partial charge is 0.241 e. The van der Waals surface area contributed by atoms with Gasteiger partial charge in [0.25, 0.3) is 0 Å². The van der Waals surface area contributed by atoms with Gasteiger partial charge in [-0.25, -0.2) is 0 Å². The SMILES string of the molecule is Cc1ccc(-c2noc(CN3CCN(C(=O)Cc4cccs4)CC3)n2)cc1. The molecule has 1 fully saturated rings. The van der Waals surface area contributed by atoms with E-state index < -0.39 is 0 Å². The standard InChI is InChI=1S/C20H22N4O2S/c1-15-4-6-16(7-5-15)20-21-18(26-22-20)14-23-8-10-24(11-9-23)19(25)13-17-3-2-12-27-17/h2-7,12H,8-11,13-14H2,1H3. The number of aryl methyl sites for hydroxylation is 1. The molecular weight excluding hydrogens is 360 g/mol. The van der Waals surface area contributed by atoms with Crippen molar-refractivity contribution in [2.45, 2.75) is 19.9 Å². The number of carbonyl (C=O) groups is 1. The van der Waals surface area contributed by atoms with Crippen molar-refractivity contribution in [3.8, 4) is 11.4 Å². The predicted molar refractivity (Wildman–Crippen MR) is 104 cm³/mol. The summed E-state index contributed by atoms with van der Waals surface area (Å²) in [5.41, 5.74) is 2.16. The van der Waals surface area contributed by atoms with Gasteiger partial charge >= 0.3 is 0 Å². The van der Waals surface area contributed by atoms with Crippen molar-refractivity contribution >= 4 is 17.2 Å². The van der Waals surface area contributed by atoms with Crippen LogP contribution in [0.25, 0.3) is 11.4 Å². The maximum absolute atomic E-state index is 12.4. The van der Waals surface area contributed by atoms with E-state index in [4.69, 9.17) is 4.52 Å². The lowest BCUT2D eigenvalue weighted by atomic mass is 10.1. The second-order valence-electron chi connectivity index (χ2n) is 6.79. The zero-order chi connectivity index (χ0) is 18.6. The Labute approximate surface area is 162 Å². The van der Waals surface area contributed by atoms with Crippen molar-refractivity contribution in [2.75, 3.05) is 26.2 Å². The van der Waals surface area contributed by atoms with Crippen molar-refractivity contribution < 1.29 is 9.32 Å². The van der Waals surface area contributed by atoms with E-state index in [0.717, 1.165) is 36.6 Å². The molecule has 0 N–H and O–H groups in total. The molecule has 4 rings (SSSR count). The molecule has 3 aromatic rings. The fourth-order valence-electron chi connectivity index (χ4n) is 3.16. The van der Waals surface area contributed by atoms with Crippen LogP contribution in [0.1, 0.15) is 16.3 Å². The maximum Gasteiger partial charge on any atom is 0.241 e. The first-order chi connectivity index (χ1) is 13.2. The third-order valence-electron chi connectivity index (χ3n) is 4.77. The highest BCUT2D eigenvalue weighted by Crippen LogP contribution is 2.18. The van der Waals surface area contributed by atoms with E-state index >= 15 is 0 Å². The molecule has 1 amide bonds. The van der Waals surface area contributed by atoms with Crippen LogP contribution < -0.4 is 0 Å². The fraction of sp³-hybridized carbons (Fsp3) is 0.350. The van der Waals surface area contributed by atoms with Gasteiger partial charge < -0.3 is 9.42 Å². The van der Waals surface area contributed by atoms with Crippen LogP contribution >= 0.6 is 11.3 Å². The molecule has 1 aliphatic rings. The Morgan fingerprint density at radius 1 is 1.15 bits per heavy atom. The van der Waals surface area contributed by atoms with Crippen molar-refractivity contribution in [1.29, 1.82) is 0 Å². The maximum atomic E-state index is 12.4. The minimum absolute atomic E-state index is 0.205. The summed E-state index contributed by atoms with van der Waals surface area (Å²) >= 11 is 1.63. The van der Waals surface area contributed by atoms with Crippen LogP contribution in [-0.4, -0.2) is 52.0 Å². The number of benzene rings is 1. The Morgan fingerprint density at radius 3 is 2.63 bits per heavy atom. The molecule has 6 nitrogen and oxygen atoms in total. The Morgan fingerprint density at radius 2 is 1.93 bits per heavy atom. The summed E-state index contributed by atoms with van der Waals surface area (Å²) in [4.78, 5) is 22.2. The van der Waals surface area contributed by atoms with Crippen LogP contribution in [0.4, 0.5) is 0 Å². The number of hydrogen-bond acceptors (Lipinski definition) is 6. The van der Waals surface area contributed by atoms with E-state index in [0.29, 0.717) is 24.7 Å². The molecule has 1 aromatic carbocycles. The number of nitrogens with zero attached hydrogens (tertiary/aromatic N) is 4. The van der Waals surface area contributed by atoms with E-state index in [1.807, 2.05) is 46.7 Å². The normalized spacial score (nSPS) is 15.2. The van der Waals surface area contributed by atoms with E-state index in [1.165, 1.54) is 5.56 Å². The zero-order valence-electron chi connectivity index (χ0n) is 15.3. The lowest BCUT2D eigenvalue weighted by Crippen LogP contribution is -2.48. The topological polar surface area (TPSA) is 62.5 Å². The lowest BCUT2D eigenvalue weighted by molar-refractivity contribution is -0.132. The van der Waals surface area contributed by atoms with Crippen molar-refractivity contribution in [3.05, 3.63) is 58.1 Å². The van der Waals surface area contributed by atoms with Crippen molar-refractivity contribution in [1.82, 2.24) is 19.9 Å². The van der Waals surface area contributed by atoms with Crippen LogP contribution in [-0.2, 0) is 17.8 Å². The molecule has 27 heavy (non-hydrogen) atoms. The highest BCUT2D eigenvalue weighted by atomic mass is 32.1. The van der Waals surface area contributed by atoms with Gasteiger partial charge in [0.2, 0.25) is 17.6 Å². The molecule has 7 heteroatoms. The van der Waals surface area contributed by atoms with Gasteiger partial charge in [-0.15, -0.1) is 11.3 Å². The van der Waals surface area contributed by atoms with Gasteiger partial charge in [-0.2, -0.15) is 4.98 Å². The fourth-order valence-corrected chi connectivity index (χ4v) is 3.86. The van der Waals surface area contributed by atoms with Crippen LogP contribution in [0.5, 0.6) is 0 Å². The second kappa shape index (κ2) is 8.02. The first kappa shape index (κ1) is 17.9. The van der Waals surface area contributed by atoms with Gasteiger partial charge in [0, 0.05) is 36.6 Å². The highest BCUT2D eigenvalue weighted by Gasteiger charge is 2.23. The molecule has 1 aliphatic heterocycles. The molecule has 0 unspecified atom stereocenters. The van der Waals surface area contributed by atoms with Gasteiger partial charge in [0.1, 0.15) is 0 Å². The van der Waals surface area contributed by atoms with Crippen LogP contribution in [0.3, 0.4) is 0 Å². The molecular formula is C20H22N4O2S. The first-order valence-electron chi connectivity index (χ1n) is 9.09. The van der Waals surface area contributed by atoms with Crippen LogP contribution in [0.2, 0.25) is 0 Å². The van der Waals surface area contributed by atoms with E-state index in [2.05, 4.69) is 22.0 Å². The summed E-state index contributed by atoms with van der Waals surface area (Å²) in [6.45, 7) is 5.78. The van der Waals surface area contributed by atoms with Crippen LogP contribution in [0, 0.1) is 6.92 Å². The Hall–Kier alpha value is -2.51. The summed E-state index contributed by atoms with van der Waals surface area (Å²) in [7, 11) is 0. The molecule has 0 atom stereocenters. The first-order valence-corrected chi connectivity index (χ1v) is 9.97. The lowest BCUT2D eigenvalue weighted by Gasteiger charge is -2.33. The summed E-state index contributed by atoms with van der Waals surface area (Å²) < 4.78 is 5.41. The minimum atomic E-state index is 0.205. The van der Waals surface area contributed by atoms with E-state index in [9.17, 15) is 4.79 Å². The number of hydrogen-bond donors (Lipinski definition) is 0. The molecule has 0 saturated carbocycles. The summed E-state index contributed by atoms with van der Waals surface area (Å²) in [6, 6.07) is 12.1. The minimum Gasteiger partial charge on any atom is -0.340 e. The van der Waals surface area contributed by atoms with Crippen LogP contribution in [0.15, 0.2) is 46.3 Å². The summed E-state index contributed by atoms with van der Waals surface area (Å²) in [6.07, 6.45) is 0.501. The van der Waals surface area contributed by atoms with Crippen molar-refractivity contribution in [3.63, 3.8) is 0 Å². The van der Waals surface area contributed by atoms with Gasteiger partial charge in [-0.3, -0.25) is 9.69 Å². The Bertz CT molecular complexity index is 881. The quantitative estimate of drug-likeness (QED) is 0.679. The van der Waals surface area contributed by atoms with Gasteiger partial charge in [0.15, 0.2) is 0 Å². The largest absolute Gasteiger partial charge is 0.340 e. The molecule has 0 radical (unpaired) electrons. The molecule has 2 aromatic heterocycles. The summed E-state index contributed by atoms with van der Waals surface area (Å²) in [5.74, 6) is 1.44. The summed E-state index contributed by atoms with van der Waals surface area (Å²) in [5, 5.41) is 6.10. The molecule has 140 valence electrons. The molecule has 0 aliphatic carbocycles. The average Bonchev–Trinajstić information content (AvgIpc) is 3.35. The Balaban J connectivity index is 1.29. The molecule has 3 heterocycles. The van der Waals surface area contributed by atoms with Gasteiger partial charge in [-0.1, -0.05) is 41.1 Å². The second-order valence-corrected chi connectivity index (χ2v) is 7.82. The predicted octanol–water partition coefficient (Wildman–Crippen LogP) is 2.99. The average molecular weight is 382 g/mol. The Kier molecular flexibility index (Phi) is 5.31. The van der Waals surface area contributed by atoms with E-state index in [-0.39, 0.29) is 5.91 Å². The third kappa shape index (κ3) is 4.43. The number of thiophene rings is 1. The number of piperazine rings is 1. The zero-order valence-corrected chi connectivity index (χ0v) is 16.1. The highest BCUT2D eigenvalue weighted by molar-refractivity contribution is 7.10. The molecule has 1 saturated heterocycles. The number of aromatic nitrogens is 2. The number of rotatable bonds is 5. The third-order valence-corrected chi connectivity index (χ3v) is 5.64. The molecule has 0 bridgehead atoms. The van der Waals surface area contributed by atoms with E-state index in [1.54, 1.807) is 11.3 Å². The van der Waals surface area contributed by atoms with Gasteiger partial charge in [-0.05, 0) is 18.4 Å².